The number of carbonyl (C=O) groups is 2. The van der Waals surface area contributed by atoms with Gasteiger partial charge in [-0.1, -0.05) is 12.8 Å². The van der Waals surface area contributed by atoms with Gasteiger partial charge < -0.3 is 25.5 Å². The summed E-state index contributed by atoms with van der Waals surface area (Å²) in [6.07, 6.45) is 4.20. The molecule has 1 aromatic carbocycles. The Balaban J connectivity index is 2.72. The quantitative estimate of drug-likeness (QED) is 0.195. The zero-order valence-electron chi connectivity index (χ0n) is 17.8. The van der Waals surface area contributed by atoms with E-state index >= 15 is 0 Å². The van der Waals surface area contributed by atoms with Crippen LogP contribution in [0.3, 0.4) is 0 Å². The summed E-state index contributed by atoms with van der Waals surface area (Å²) in [4.78, 5) is 22.3. The number of carboxylic acid groups (broad SMARTS) is 2. The lowest BCUT2D eigenvalue weighted by Gasteiger charge is -2.19. The van der Waals surface area contributed by atoms with Crippen LogP contribution in [0, 0.1) is 10.8 Å². The number of aliphatic carboxylic acids is 2. The maximum atomic E-state index is 11.2. The van der Waals surface area contributed by atoms with E-state index in [1.165, 1.54) is 6.07 Å². The van der Waals surface area contributed by atoms with E-state index in [4.69, 9.17) is 10.2 Å². The van der Waals surface area contributed by atoms with Gasteiger partial charge in [0.25, 0.3) is 0 Å². The Morgan fingerprint density at radius 2 is 1.21 bits per heavy atom. The van der Waals surface area contributed by atoms with Crippen molar-refractivity contribution in [2.45, 2.75) is 79.1 Å². The first-order chi connectivity index (χ1) is 13.3. The average molecular weight is 411 g/mol. The van der Waals surface area contributed by atoms with Gasteiger partial charge in [-0.3, -0.25) is 9.59 Å². The lowest BCUT2D eigenvalue weighted by atomic mass is 9.86. The first-order valence-electron chi connectivity index (χ1n) is 10.0. The number of phenolic OH excluding ortho intramolecular Hbond substituents is 3. The molecule has 7 heteroatoms. The predicted molar refractivity (Wildman–Crippen MR) is 109 cm³/mol. The number of carboxylic acids is 2. The molecule has 0 atom stereocenters. The molecular weight excluding hydrogens is 376 g/mol. The van der Waals surface area contributed by atoms with E-state index < -0.39 is 22.8 Å². The second kappa shape index (κ2) is 9.85. The molecule has 0 aliphatic rings. The summed E-state index contributed by atoms with van der Waals surface area (Å²) in [7, 11) is 0. The summed E-state index contributed by atoms with van der Waals surface area (Å²) in [5, 5.41) is 49.0. The molecule has 0 saturated carbocycles. The van der Waals surface area contributed by atoms with E-state index in [-0.39, 0.29) is 22.8 Å². The minimum Gasteiger partial charge on any atom is -0.507 e. The summed E-state index contributed by atoms with van der Waals surface area (Å²) in [5.41, 5.74) is -0.875. The van der Waals surface area contributed by atoms with Crippen LogP contribution >= 0.6 is 0 Å². The van der Waals surface area contributed by atoms with Gasteiger partial charge in [-0.05, 0) is 77.8 Å². The number of hydrogen-bond acceptors (Lipinski definition) is 5. The zero-order chi connectivity index (χ0) is 22.4. The molecule has 0 spiro atoms. The molecule has 1 aromatic rings. The third-order valence-corrected chi connectivity index (χ3v) is 5.56. The molecule has 0 unspecified atom stereocenters. The van der Waals surface area contributed by atoms with Gasteiger partial charge in [0, 0.05) is 5.56 Å². The van der Waals surface area contributed by atoms with E-state index in [0.717, 1.165) is 0 Å². The van der Waals surface area contributed by atoms with Crippen LogP contribution in [-0.2, 0) is 22.4 Å². The molecule has 0 radical (unpaired) electrons. The Morgan fingerprint density at radius 1 is 0.759 bits per heavy atom. The molecule has 0 fully saturated rings. The van der Waals surface area contributed by atoms with Crippen molar-refractivity contribution in [3.63, 3.8) is 0 Å². The number of rotatable bonds is 12. The smallest absolute Gasteiger partial charge is 0.309 e. The van der Waals surface area contributed by atoms with Crippen LogP contribution in [0.2, 0.25) is 0 Å². The first kappa shape index (κ1) is 24.6. The summed E-state index contributed by atoms with van der Waals surface area (Å²) in [5.74, 6) is -2.43. The summed E-state index contributed by atoms with van der Waals surface area (Å²) in [6.45, 7) is 6.65. The molecule has 5 N–H and O–H groups in total. The van der Waals surface area contributed by atoms with Gasteiger partial charge >= 0.3 is 11.9 Å². The lowest BCUT2D eigenvalue weighted by Crippen LogP contribution is -2.23. The second-order valence-corrected chi connectivity index (χ2v) is 9.02. The van der Waals surface area contributed by atoms with Crippen LogP contribution in [-0.4, -0.2) is 37.5 Å². The Labute approximate surface area is 172 Å². The highest BCUT2D eigenvalue weighted by molar-refractivity contribution is 5.73. The molecule has 0 aliphatic carbocycles. The normalized spacial score (nSPS) is 12.1. The SMILES string of the molecule is CC(C)(CCCCc1cc(O)c(O)c(CCCCC(C)(C)C(=O)O)c1O)C(=O)O. The largest absolute Gasteiger partial charge is 0.507 e. The van der Waals surface area contributed by atoms with Crippen molar-refractivity contribution in [2.75, 3.05) is 0 Å². The van der Waals surface area contributed by atoms with Gasteiger partial charge in [-0.15, -0.1) is 0 Å². The Kier molecular flexibility index (Phi) is 8.36. The van der Waals surface area contributed by atoms with Gasteiger partial charge in [0.15, 0.2) is 11.5 Å². The number of benzene rings is 1. The van der Waals surface area contributed by atoms with Gasteiger partial charge in [-0.25, -0.2) is 0 Å². The third-order valence-electron chi connectivity index (χ3n) is 5.56. The second-order valence-electron chi connectivity index (χ2n) is 9.02. The van der Waals surface area contributed by atoms with E-state index in [0.29, 0.717) is 56.9 Å². The molecule has 164 valence electrons. The lowest BCUT2D eigenvalue weighted by molar-refractivity contribution is -0.148. The maximum absolute atomic E-state index is 11.2. The fraction of sp³-hybridized carbons (Fsp3) is 0.636. The summed E-state index contributed by atoms with van der Waals surface area (Å²) < 4.78 is 0. The number of unbranched alkanes of at least 4 members (excludes halogenated alkanes) is 2. The van der Waals surface area contributed by atoms with Crippen molar-refractivity contribution >= 4 is 11.9 Å². The maximum Gasteiger partial charge on any atom is 0.309 e. The van der Waals surface area contributed by atoms with E-state index in [9.17, 15) is 24.9 Å². The third kappa shape index (κ3) is 6.84. The highest BCUT2D eigenvalue weighted by Crippen LogP contribution is 2.40. The average Bonchev–Trinajstić information content (AvgIpc) is 2.61. The number of phenols is 3. The van der Waals surface area contributed by atoms with Gasteiger partial charge in [0.05, 0.1) is 10.8 Å². The van der Waals surface area contributed by atoms with Crippen molar-refractivity contribution in [3.05, 3.63) is 17.2 Å². The van der Waals surface area contributed by atoms with Crippen LogP contribution in [0.1, 0.15) is 77.3 Å². The number of aryl methyl sites for hydroxylation is 1. The summed E-state index contributed by atoms with van der Waals surface area (Å²) >= 11 is 0. The molecule has 0 aromatic heterocycles. The van der Waals surface area contributed by atoms with E-state index in [2.05, 4.69) is 0 Å². The highest BCUT2D eigenvalue weighted by Gasteiger charge is 2.27. The fourth-order valence-electron chi connectivity index (χ4n) is 3.15. The molecule has 0 bridgehead atoms. The van der Waals surface area contributed by atoms with Gasteiger partial charge in [0.2, 0.25) is 0 Å². The van der Waals surface area contributed by atoms with Crippen molar-refractivity contribution in [3.8, 4) is 17.2 Å². The molecule has 7 nitrogen and oxygen atoms in total. The number of aromatic hydroxyl groups is 3. The molecule has 0 amide bonds. The van der Waals surface area contributed by atoms with Crippen LogP contribution in [0.25, 0.3) is 0 Å². The first-order valence-corrected chi connectivity index (χ1v) is 10.0. The standard InChI is InChI=1S/C22H34O7/c1-21(2,19(26)27)11-7-5-9-14-13-16(23)18(25)15(17(14)24)10-6-8-12-22(3,4)20(28)29/h13,23-25H,5-12H2,1-4H3,(H,26,27)(H,28,29). The Hall–Kier alpha value is -2.44. The summed E-state index contributed by atoms with van der Waals surface area (Å²) in [6, 6.07) is 1.34. The van der Waals surface area contributed by atoms with Crippen molar-refractivity contribution < 1.29 is 35.1 Å². The van der Waals surface area contributed by atoms with Crippen LogP contribution < -0.4 is 0 Å². The molecule has 29 heavy (non-hydrogen) atoms. The van der Waals surface area contributed by atoms with Crippen molar-refractivity contribution in [2.24, 2.45) is 10.8 Å². The topological polar surface area (TPSA) is 135 Å². The minimum absolute atomic E-state index is 0.0599. The van der Waals surface area contributed by atoms with E-state index in [1.807, 2.05) is 0 Å². The van der Waals surface area contributed by atoms with Crippen molar-refractivity contribution in [1.29, 1.82) is 0 Å². The van der Waals surface area contributed by atoms with Gasteiger partial charge in [0.1, 0.15) is 5.75 Å². The zero-order valence-corrected chi connectivity index (χ0v) is 17.8. The molecule has 0 aliphatic heterocycles. The Morgan fingerprint density at radius 3 is 1.66 bits per heavy atom. The fourth-order valence-corrected chi connectivity index (χ4v) is 3.15. The van der Waals surface area contributed by atoms with Gasteiger partial charge in [-0.2, -0.15) is 0 Å². The van der Waals surface area contributed by atoms with Crippen LogP contribution in [0.5, 0.6) is 17.2 Å². The predicted octanol–water partition coefficient (Wildman–Crippen LogP) is 4.45. The highest BCUT2D eigenvalue weighted by atomic mass is 16.4. The monoisotopic (exact) mass is 410 g/mol. The van der Waals surface area contributed by atoms with Crippen molar-refractivity contribution in [1.82, 2.24) is 0 Å². The molecular formula is C22H34O7. The van der Waals surface area contributed by atoms with E-state index in [1.54, 1.807) is 27.7 Å². The van der Waals surface area contributed by atoms with Crippen LogP contribution in [0.15, 0.2) is 6.07 Å². The number of hydrogen-bond donors (Lipinski definition) is 5. The molecule has 0 saturated heterocycles. The molecule has 1 rings (SSSR count). The van der Waals surface area contributed by atoms with Crippen LogP contribution in [0.4, 0.5) is 0 Å². The molecule has 0 heterocycles. The Bertz CT molecular complexity index is 735. The minimum atomic E-state index is -0.867.